The molecule has 0 bridgehead atoms. The van der Waals surface area contributed by atoms with Crippen molar-refractivity contribution in [3.05, 3.63) is 20.2 Å². The highest BCUT2D eigenvalue weighted by atomic mass is 127. The summed E-state index contributed by atoms with van der Waals surface area (Å²) in [5.74, 6) is 2.79. The summed E-state index contributed by atoms with van der Waals surface area (Å²) in [6, 6.07) is 0. The van der Waals surface area contributed by atoms with Gasteiger partial charge in [-0.2, -0.15) is 0 Å². The third-order valence-corrected chi connectivity index (χ3v) is 5.85. The molecule has 1 fully saturated rings. The summed E-state index contributed by atoms with van der Waals surface area (Å²) in [5.41, 5.74) is 1.10. The van der Waals surface area contributed by atoms with Crippen LogP contribution < -0.4 is 0 Å². The van der Waals surface area contributed by atoms with E-state index in [-0.39, 0.29) is 0 Å². The van der Waals surface area contributed by atoms with E-state index in [0.717, 1.165) is 21.0 Å². The third-order valence-electron chi connectivity index (χ3n) is 4.19. The Morgan fingerprint density at radius 2 is 1.84 bits per heavy atom. The Labute approximate surface area is 134 Å². The Bertz CT molecular complexity index is 440. The molecule has 0 unspecified atom stereocenters. The van der Waals surface area contributed by atoms with E-state index in [1.165, 1.54) is 32.1 Å². The van der Waals surface area contributed by atoms with Crippen molar-refractivity contribution in [2.24, 2.45) is 5.92 Å². The second-order valence-electron chi connectivity index (χ2n) is 5.85. The van der Waals surface area contributed by atoms with Gasteiger partial charge < -0.3 is 0 Å². The number of rotatable bonds is 3. The van der Waals surface area contributed by atoms with Crippen LogP contribution in [0.2, 0.25) is 5.15 Å². The van der Waals surface area contributed by atoms with E-state index in [4.69, 9.17) is 16.6 Å². The molecule has 0 atom stereocenters. The highest BCUT2D eigenvalue weighted by Gasteiger charge is 2.25. The molecule has 2 rings (SSSR count). The van der Waals surface area contributed by atoms with E-state index in [2.05, 4.69) is 48.3 Å². The summed E-state index contributed by atoms with van der Waals surface area (Å²) in [5, 5.41) is 0.631. The molecular weight excluding hydrogens is 371 g/mol. The fraction of sp³-hybridized carbons (Fsp3) is 0.733. The van der Waals surface area contributed by atoms with Gasteiger partial charge in [-0.15, -0.1) is 0 Å². The van der Waals surface area contributed by atoms with E-state index >= 15 is 0 Å². The van der Waals surface area contributed by atoms with Crippen molar-refractivity contribution in [1.82, 2.24) is 9.97 Å². The summed E-state index contributed by atoms with van der Waals surface area (Å²) in [6.07, 6.45) is 6.36. The molecule has 0 radical (unpaired) electrons. The first-order valence-electron chi connectivity index (χ1n) is 7.25. The normalized spacial score (nSPS) is 23.9. The van der Waals surface area contributed by atoms with Crippen LogP contribution in [0.3, 0.4) is 0 Å². The Balaban J connectivity index is 2.21. The predicted octanol–water partition coefficient (Wildman–Crippen LogP) is 5.54. The van der Waals surface area contributed by atoms with Gasteiger partial charge in [-0.1, -0.05) is 38.8 Å². The van der Waals surface area contributed by atoms with Crippen LogP contribution in [0.25, 0.3) is 0 Å². The molecule has 4 heteroatoms. The van der Waals surface area contributed by atoms with Gasteiger partial charge >= 0.3 is 0 Å². The first kappa shape index (κ1) is 15.5. The monoisotopic (exact) mass is 392 g/mol. The molecule has 0 N–H and O–H groups in total. The maximum absolute atomic E-state index is 6.28. The smallest absolute Gasteiger partial charge is 0.146 e. The van der Waals surface area contributed by atoms with Gasteiger partial charge in [0.15, 0.2) is 0 Å². The molecular formula is C15H22ClIN2. The zero-order valence-corrected chi connectivity index (χ0v) is 14.8. The van der Waals surface area contributed by atoms with Crippen molar-refractivity contribution in [2.75, 3.05) is 0 Å². The Morgan fingerprint density at radius 3 is 2.37 bits per heavy atom. The molecule has 106 valence electrons. The molecule has 0 spiro atoms. The zero-order valence-electron chi connectivity index (χ0n) is 11.9. The first-order valence-corrected chi connectivity index (χ1v) is 8.71. The molecule has 0 aliphatic heterocycles. The minimum atomic E-state index is 0.401. The van der Waals surface area contributed by atoms with Gasteiger partial charge in [0, 0.05) is 5.92 Å². The summed E-state index contributed by atoms with van der Waals surface area (Å²) >= 11 is 8.54. The fourth-order valence-electron chi connectivity index (χ4n) is 2.85. The quantitative estimate of drug-likeness (QED) is 0.498. The number of hydrogen-bond acceptors (Lipinski definition) is 2. The molecule has 0 saturated heterocycles. The number of hydrogen-bond donors (Lipinski definition) is 0. The van der Waals surface area contributed by atoms with Gasteiger partial charge in [0.25, 0.3) is 0 Å². The van der Waals surface area contributed by atoms with Crippen molar-refractivity contribution < 1.29 is 0 Å². The van der Waals surface area contributed by atoms with E-state index in [1.807, 2.05) is 0 Å². The van der Waals surface area contributed by atoms with Gasteiger partial charge in [0.1, 0.15) is 11.0 Å². The average molecular weight is 393 g/mol. The Morgan fingerprint density at radius 1 is 1.21 bits per heavy atom. The van der Waals surface area contributed by atoms with Crippen LogP contribution in [-0.4, -0.2) is 9.97 Å². The maximum Gasteiger partial charge on any atom is 0.146 e. The lowest BCUT2D eigenvalue weighted by Gasteiger charge is -2.27. The van der Waals surface area contributed by atoms with Crippen LogP contribution >= 0.6 is 34.2 Å². The van der Waals surface area contributed by atoms with Crippen LogP contribution in [0, 0.1) is 9.49 Å². The third kappa shape index (κ3) is 3.60. The first-order chi connectivity index (χ1) is 9.02. The lowest BCUT2D eigenvalue weighted by Crippen LogP contribution is -2.16. The van der Waals surface area contributed by atoms with Gasteiger partial charge in [-0.05, 0) is 60.1 Å². The van der Waals surface area contributed by atoms with E-state index in [0.29, 0.717) is 17.0 Å². The predicted molar refractivity (Wildman–Crippen MR) is 88.8 cm³/mol. The van der Waals surface area contributed by atoms with E-state index < -0.39 is 0 Å². The second kappa shape index (κ2) is 6.70. The standard InChI is InChI=1S/C15H22ClIN2/c1-4-10-5-7-11(8-6-10)15-18-13(9(2)3)12(17)14(16)19-15/h9-11H,4-8H2,1-3H3. The molecule has 0 aromatic carbocycles. The molecule has 2 nitrogen and oxygen atoms in total. The van der Waals surface area contributed by atoms with Gasteiger partial charge in [-0.25, -0.2) is 9.97 Å². The molecule has 1 aliphatic rings. The summed E-state index contributed by atoms with van der Waals surface area (Å²) in [6.45, 7) is 6.62. The molecule has 1 aromatic heterocycles. The van der Waals surface area contributed by atoms with Crippen LogP contribution in [-0.2, 0) is 0 Å². The number of halogens is 2. The summed E-state index contributed by atoms with van der Waals surface area (Å²) in [4.78, 5) is 9.34. The zero-order chi connectivity index (χ0) is 14.0. The van der Waals surface area contributed by atoms with Crippen LogP contribution in [0.5, 0.6) is 0 Å². The van der Waals surface area contributed by atoms with Crippen molar-refractivity contribution >= 4 is 34.2 Å². The summed E-state index contributed by atoms with van der Waals surface area (Å²) in [7, 11) is 0. The molecule has 19 heavy (non-hydrogen) atoms. The molecule has 1 aliphatic carbocycles. The molecule has 1 aromatic rings. The van der Waals surface area contributed by atoms with Crippen LogP contribution in [0.15, 0.2) is 0 Å². The number of aromatic nitrogens is 2. The van der Waals surface area contributed by atoms with Crippen molar-refractivity contribution in [2.45, 2.75) is 64.7 Å². The van der Waals surface area contributed by atoms with Crippen LogP contribution in [0.1, 0.15) is 76.2 Å². The topological polar surface area (TPSA) is 25.8 Å². The SMILES string of the molecule is CCC1CCC(c2nc(Cl)c(I)c(C(C)C)n2)CC1. The minimum absolute atomic E-state index is 0.401. The van der Waals surface area contributed by atoms with Crippen molar-refractivity contribution in [3.63, 3.8) is 0 Å². The highest BCUT2D eigenvalue weighted by Crippen LogP contribution is 2.37. The molecule has 1 saturated carbocycles. The Kier molecular flexibility index (Phi) is 5.46. The number of nitrogens with zero attached hydrogens (tertiary/aromatic N) is 2. The highest BCUT2D eigenvalue weighted by molar-refractivity contribution is 14.1. The maximum atomic E-state index is 6.28. The Hall–Kier alpha value is 0.1000. The van der Waals surface area contributed by atoms with E-state index in [9.17, 15) is 0 Å². The minimum Gasteiger partial charge on any atom is -0.236 e. The van der Waals surface area contributed by atoms with Gasteiger partial charge in [-0.3, -0.25) is 0 Å². The van der Waals surface area contributed by atoms with Crippen LogP contribution in [0.4, 0.5) is 0 Å². The lowest BCUT2D eigenvalue weighted by atomic mass is 9.80. The van der Waals surface area contributed by atoms with Gasteiger partial charge in [0.2, 0.25) is 0 Å². The average Bonchev–Trinajstić information content (AvgIpc) is 2.41. The lowest BCUT2D eigenvalue weighted by molar-refractivity contribution is 0.311. The summed E-state index contributed by atoms with van der Waals surface area (Å²) < 4.78 is 1.01. The largest absolute Gasteiger partial charge is 0.236 e. The van der Waals surface area contributed by atoms with E-state index in [1.54, 1.807) is 0 Å². The molecule has 1 heterocycles. The molecule has 0 amide bonds. The van der Waals surface area contributed by atoms with Crippen molar-refractivity contribution in [1.29, 1.82) is 0 Å². The van der Waals surface area contributed by atoms with Crippen molar-refractivity contribution in [3.8, 4) is 0 Å². The van der Waals surface area contributed by atoms with Gasteiger partial charge in [0.05, 0.1) is 9.26 Å². The second-order valence-corrected chi connectivity index (χ2v) is 7.29. The fourth-order valence-corrected chi connectivity index (χ4v) is 3.89.